The van der Waals surface area contributed by atoms with Crippen molar-refractivity contribution in [1.29, 1.82) is 0 Å². The predicted molar refractivity (Wildman–Crippen MR) is 73.8 cm³/mol. The third-order valence-electron chi connectivity index (χ3n) is 2.99. The Balaban J connectivity index is 1.90. The lowest BCUT2D eigenvalue weighted by Gasteiger charge is -2.08. The summed E-state index contributed by atoms with van der Waals surface area (Å²) in [5.41, 5.74) is 1.40. The highest BCUT2D eigenvalue weighted by molar-refractivity contribution is 7.92. The van der Waals surface area contributed by atoms with Gasteiger partial charge in [0.2, 0.25) is 11.9 Å². The van der Waals surface area contributed by atoms with Crippen LogP contribution in [0.5, 0.6) is 0 Å². The van der Waals surface area contributed by atoms with E-state index in [0.29, 0.717) is 11.3 Å². The summed E-state index contributed by atoms with van der Waals surface area (Å²) in [6, 6.07) is 6.70. The zero-order valence-electron chi connectivity index (χ0n) is 10.6. The van der Waals surface area contributed by atoms with Crippen LogP contribution in [-0.4, -0.2) is 19.3 Å². The van der Waals surface area contributed by atoms with Crippen LogP contribution in [0.2, 0.25) is 0 Å². The number of halogens is 1. The lowest BCUT2D eigenvalue weighted by atomic mass is 10.2. The Hall–Kier alpha value is -2.48. The van der Waals surface area contributed by atoms with Gasteiger partial charge in [0.15, 0.2) is 0 Å². The van der Waals surface area contributed by atoms with Crippen molar-refractivity contribution in [2.24, 2.45) is 0 Å². The van der Waals surface area contributed by atoms with E-state index in [9.17, 15) is 17.6 Å². The zero-order chi connectivity index (χ0) is 15.0. The molecule has 0 bridgehead atoms. The van der Waals surface area contributed by atoms with Crippen LogP contribution in [0.1, 0.15) is 5.56 Å². The highest BCUT2D eigenvalue weighted by atomic mass is 32.2. The smallest absolute Gasteiger partial charge is 0.261 e. The molecule has 0 radical (unpaired) electrons. The second kappa shape index (κ2) is 4.81. The van der Waals surface area contributed by atoms with Gasteiger partial charge in [-0.15, -0.1) is 0 Å². The van der Waals surface area contributed by atoms with Crippen LogP contribution in [-0.2, 0) is 21.2 Å². The minimum Gasteiger partial charge on any atom is -0.326 e. The quantitative estimate of drug-likeness (QED) is 0.841. The van der Waals surface area contributed by atoms with Crippen molar-refractivity contribution in [1.82, 2.24) is 4.98 Å². The Morgan fingerprint density at radius 2 is 2.05 bits per heavy atom. The molecule has 8 heteroatoms. The van der Waals surface area contributed by atoms with Gasteiger partial charge in [-0.1, -0.05) is 0 Å². The molecule has 0 aliphatic carbocycles. The largest absolute Gasteiger partial charge is 0.326 e. The van der Waals surface area contributed by atoms with Crippen molar-refractivity contribution in [2.45, 2.75) is 11.3 Å². The summed E-state index contributed by atoms with van der Waals surface area (Å²) in [6.45, 7) is 0. The number of nitrogens with zero attached hydrogens (tertiary/aromatic N) is 1. The fraction of sp³-hybridized carbons (Fsp3) is 0.0769. The van der Waals surface area contributed by atoms with Gasteiger partial charge in [0, 0.05) is 5.69 Å². The molecule has 0 spiro atoms. The number of anilines is 2. The van der Waals surface area contributed by atoms with Gasteiger partial charge in [0.05, 0.1) is 23.2 Å². The molecular weight excluding hydrogens is 297 g/mol. The van der Waals surface area contributed by atoms with Gasteiger partial charge in [-0.25, -0.2) is 13.4 Å². The minimum atomic E-state index is -3.82. The standard InChI is InChI=1S/C13H10FN3O3S/c14-12-4-1-9(7-15-12)17-21(19,20)10-2-3-11-8(5-10)6-13(18)16-11/h1-5,7,17H,6H2,(H,16,18). The maximum Gasteiger partial charge on any atom is 0.261 e. The molecule has 0 unspecified atom stereocenters. The Bertz CT molecular complexity index is 819. The number of aromatic nitrogens is 1. The van der Waals surface area contributed by atoms with Crippen LogP contribution >= 0.6 is 0 Å². The van der Waals surface area contributed by atoms with E-state index in [4.69, 9.17) is 0 Å². The summed E-state index contributed by atoms with van der Waals surface area (Å²) < 4.78 is 39.5. The molecule has 1 aromatic carbocycles. The van der Waals surface area contributed by atoms with E-state index >= 15 is 0 Å². The molecule has 0 atom stereocenters. The van der Waals surface area contributed by atoms with Gasteiger partial charge < -0.3 is 5.32 Å². The van der Waals surface area contributed by atoms with Crippen LogP contribution < -0.4 is 10.0 Å². The molecule has 0 fully saturated rings. The normalized spacial score (nSPS) is 13.7. The number of nitrogens with one attached hydrogen (secondary N) is 2. The van der Waals surface area contributed by atoms with E-state index in [2.05, 4.69) is 15.0 Å². The lowest BCUT2D eigenvalue weighted by molar-refractivity contribution is -0.115. The van der Waals surface area contributed by atoms with E-state index < -0.39 is 16.0 Å². The second-order valence-electron chi connectivity index (χ2n) is 4.52. The van der Waals surface area contributed by atoms with E-state index in [1.807, 2.05) is 0 Å². The Morgan fingerprint density at radius 3 is 2.76 bits per heavy atom. The number of carbonyl (C=O) groups excluding carboxylic acids is 1. The zero-order valence-corrected chi connectivity index (χ0v) is 11.4. The molecule has 1 aliphatic heterocycles. The fourth-order valence-electron chi connectivity index (χ4n) is 2.02. The van der Waals surface area contributed by atoms with Crippen molar-refractivity contribution in [3.63, 3.8) is 0 Å². The minimum absolute atomic E-state index is 0.0297. The van der Waals surface area contributed by atoms with Gasteiger partial charge >= 0.3 is 0 Å². The summed E-state index contributed by atoms with van der Waals surface area (Å²) in [5.74, 6) is -0.865. The molecule has 0 saturated carbocycles. The molecule has 1 amide bonds. The van der Waals surface area contributed by atoms with Gasteiger partial charge in [-0.2, -0.15) is 4.39 Å². The molecule has 2 N–H and O–H groups in total. The first-order valence-electron chi connectivity index (χ1n) is 6.01. The molecule has 6 nitrogen and oxygen atoms in total. The van der Waals surface area contributed by atoms with Crippen molar-refractivity contribution >= 4 is 27.3 Å². The van der Waals surface area contributed by atoms with Gasteiger partial charge in [0.1, 0.15) is 0 Å². The van der Waals surface area contributed by atoms with Crippen molar-refractivity contribution < 1.29 is 17.6 Å². The third kappa shape index (κ3) is 2.70. The molecule has 0 saturated heterocycles. The molecule has 2 heterocycles. The van der Waals surface area contributed by atoms with Crippen LogP contribution in [0, 0.1) is 5.95 Å². The number of amides is 1. The number of pyridine rings is 1. The van der Waals surface area contributed by atoms with Crippen LogP contribution in [0.3, 0.4) is 0 Å². The Labute approximate surface area is 120 Å². The van der Waals surface area contributed by atoms with Gasteiger partial charge in [-0.05, 0) is 35.9 Å². The maximum absolute atomic E-state index is 12.7. The van der Waals surface area contributed by atoms with E-state index in [0.717, 1.165) is 12.3 Å². The summed E-state index contributed by atoms with van der Waals surface area (Å²) in [4.78, 5) is 14.7. The average Bonchev–Trinajstić information content (AvgIpc) is 2.80. The number of hydrogen-bond donors (Lipinski definition) is 2. The monoisotopic (exact) mass is 307 g/mol. The molecule has 108 valence electrons. The number of benzene rings is 1. The molecule has 3 rings (SSSR count). The molecular formula is C13H10FN3O3S. The maximum atomic E-state index is 12.7. The van der Waals surface area contributed by atoms with E-state index in [1.165, 1.54) is 24.3 Å². The number of rotatable bonds is 3. The van der Waals surface area contributed by atoms with Gasteiger partial charge in [-0.3, -0.25) is 9.52 Å². The van der Waals surface area contributed by atoms with Gasteiger partial charge in [0.25, 0.3) is 10.0 Å². The van der Waals surface area contributed by atoms with Crippen LogP contribution in [0.15, 0.2) is 41.4 Å². The summed E-state index contributed by atoms with van der Waals surface area (Å²) >= 11 is 0. The SMILES string of the molecule is O=C1Cc2cc(S(=O)(=O)Nc3ccc(F)nc3)ccc2N1. The summed E-state index contributed by atoms with van der Waals surface area (Å²) in [5, 5.41) is 2.63. The Kier molecular flexibility index (Phi) is 3.09. The van der Waals surface area contributed by atoms with E-state index in [1.54, 1.807) is 0 Å². The number of carbonyl (C=O) groups is 1. The highest BCUT2D eigenvalue weighted by Crippen LogP contribution is 2.26. The highest BCUT2D eigenvalue weighted by Gasteiger charge is 2.21. The second-order valence-corrected chi connectivity index (χ2v) is 6.20. The van der Waals surface area contributed by atoms with E-state index in [-0.39, 0.29) is 22.9 Å². The summed E-state index contributed by atoms with van der Waals surface area (Å²) in [7, 11) is -3.82. The number of hydrogen-bond acceptors (Lipinski definition) is 4. The number of sulfonamides is 1. The molecule has 2 aromatic rings. The van der Waals surface area contributed by atoms with Crippen molar-refractivity contribution in [2.75, 3.05) is 10.0 Å². The first-order chi connectivity index (χ1) is 9.94. The van der Waals surface area contributed by atoms with Crippen LogP contribution in [0.25, 0.3) is 0 Å². The average molecular weight is 307 g/mol. The van der Waals surface area contributed by atoms with Crippen molar-refractivity contribution in [3.05, 3.63) is 48.0 Å². The van der Waals surface area contributed by atoms with Crippen molar-refractivity contribution in [3.8, 4) is 0 Å². The fourth-order valence-corrected chi connectivity index (χ4v) is 3.12. The topological polar surface area (TPSA) is 88.2 Å². The summed E-state index contributed by atoms with van der Waals surface area (Å²) in [6.07, 6.45) is 1.24. The number of fused-ring (bicyclic) bond motifs is 1. The first-order valence-corrected chi connectivity index (χ1v) is 7.49. The third-order valence-corrected chi connectivity index (χ3v) is 4.37. The molecule has 21 heavy (non-hydrogen) atoms. The molecule has 1 aromatic heterocycles. The molecule has 1 aliphatic rings. The van der Waals surface area contributed by atoms with Crippen LogP contribution in [0.4, 0.5) is 15.8 Å². The predicted octanol–water partition coefficient (Wildman–Crippen LogP) is 1.52. The lowest BCUT2D eigenvalue weighted by Crippen LogP contribution is -2.13. The first kappa shape index (κ1) is 13.5. The Morgan fingerprint density at radius 1 is 1.24 bits per heavy atom.